The van der Waals surface area contributed by atoms with E-state index in [-0.39, 0.29) is 0 Å². The first kappa shape index (κ1) is 17.7. The average Bonchev–Trinajstić information content (AvgIpc) is 2.75. The molecule has 0 saturated carbocycles. The Morgan fingerprint density at radius 1 is 0.852 bits per heavy atom. The van der Waals surface area contributed by atoms with Gasteiger partial charge < -0.3 is 10.0 Å². The van der Waals surface area contributed by atoms with Crippen LogP contribution in [-0.4, -0.2) is 41.2 Å². The molecule has 1 aromatic heterocycles. The Kier molecular flexibility index (Phi) is 5.47. The summed E-state index contributed by atoms with van der Waals surface area (Å²) >= 11 is 0. The Bertz CT molecular complexity index is 846. The van der Waals surface area contributed by atoms with Crippen molar-refractivity contribution in [1.29, 1.82) is 0 Å². The molecule has 0 spiro atoms. The van der Waals surface area contributed by atoms with Gasteiger partial charge in [0.05, 0.1) is 0 Å². The maximum atomic E-state index is 10.9. The molecule has 4 rings (SSSR count). The number of piperazine rings is 1. The molecule has 0 aliphatic carbocycles. The first-order valence-corrected chi connectivity index (χ1v) is 9.49. The lowest BCUT2D eigenvalue weighted by atomic mass is 10.00. The van der Waals surface area contributed by atoms with Crippen molar-refractivity contribution in [3.05, 3.63) is 95.8 Å². The van der Waals surface area contributed by atoms with Crippen molar-refractivity contribution < 1.29 is 5.11 Å². The van der Waals surface area contributed by atoms with E-state index in [0.717, 1.165) is 49.5 Å². The van der Waals surface area contributed by atoms with Crippen LogP contribution in [0.5, 0.6) is 0 Å². The number of pyridine rings is 1. The molecule has 1 unspecified atom stereocenters. The molecule has 4 heteroatoms. The van der Waals surface area contributed by atoms with Gasteiger partial charge in [-0.15, -0.1) is 0 Å². The molecule has 3 aromatic rings. The quantitative estimate of drug-likeness (QED) is 0.757. The summed E-state index contributed by atoms with van der Waals surface area (Å²) in [7, 11) is 0. The summed E-state index contributed by atoms with van der Waals surface area (Å²) in [4.78, 5) is 9.02. The van der Waals surface area contributed by atoms with Crippen LogP contribution in [0.2, 0.25) is 0 Å². The van der Waals surface area contributed by atoms with E-state index >= 15 is 0 Å². The maximum Gasteiger partial charge on any atom is 0.108 e. The van der Waals surface area contributed by atoms with E-state index in [9.17, 15) is 5.11 Å². The zero-order valence-electron chi connectivity index (χ0n) is 15.4. The van der Waals surface area contributed by atoms with Crippen molar-refractivity contribution in [3.8, 4) is 0 Å². The zero-order chi connectivity index (χ0) is 18.5. The fourth-order valence-electron chi connectivity index (χ4n) is 3.71. The van der Waals surface area contributed by atoms with E-state index in [2.05, 4.69) is 51.2 Å². The van der Waals surface area contributed by atoms with Gasteiger partial charge in [0.15, 0.2) is 0 Å². The van der Waals surface area contributed by atoms with E-state index < -0.39 is 6.10 Å². The minimum absolute atomic E-state index is 0.655. The molecule has 2 aromatic carbocycles. The zero-order valence-corrected chi connectivity index (χ0v) is 15.4. The Morgan fingerprint density at radius 2 is 1.59 bits per heavy atom. The van der Waals surface area contributed by atoms with Crippen molar-refractivity contribution in [2.24, 2.45) is 0 Å². The number of hydrogen-bond donors (Lipinski definition) is 1. The Balaban J connectivity index is 1.46. The molecule has 1 fully saturated rings. The second kappa shape index (κ2) is 8.33. The molecule has 4 nitrogen and oxygen atoms in total. The average molecular weight is 359 g/mol. The minimum atomic E-state index is -0.655. The number of hydrogen-bond acceptors (Lipinski definition) is 4. The molecule has 1 aliphatic rings. The highest BCUT2D eigenvalue weighted by molar-refractivity contribution is 5.56. The summed E-state index contributed by atoms with van der Waals surface area (Å²) in [5.41, 5.74) is 4.25. The van der Waals surface area contributed by atoms with E-state index in [1.807, 2.05) is 30.3 Å². The molecule has 0 bridgehead atoms. The van der Waals surface area contributed by atoms with Crippen LogP contribution in [0, 0.1) is 0 Å². The summed E-state index contributed by atoms with van der Waals surface area (Å²) in [5, 5.41) is 10.9. The highest BCUT2D eigenvalue weighted by Gasteiger charge is 2.22. The third kappa shape index (κ3) is 4.18. The highest BCUT2D eigenvalue weighted by atomic mass is 16.3. The number of aliphatic hydroxyl groups excluding tert-OH is 1. The summed E-state index contributed by atoms with van der Waals surface area (Å²) in [6.45, 7) is 4.96. The van der Waals surface area contributed by atoms with E-state index in [0.29, 0.717) is 0 Å². The Morgan fingerprint density at radius 3 is 2.33 bits per heavy atom. The van der Waals surface area contributed by atoms with Gasteiger partial charge in [0.1, 0.15) is 6.10 Å². The number of benzene rings is 2. The summed E-state index contributed by atoms with van der Waals surface area (Å²) < 4.78 is 0. The van der Waals surface area contributed by atoms with E-state index in [1.54, 1.807) is 12.4 Å². The maximum absolute atomic E-state index is 10.9. The summed E-state index contributed by atoms with van der Waals surface area (Å²) in [6.07, 6.45) is 2.81. The monoisotopic (exact) mass is 359 g/mol. The van der Waals surface area contributed by atoms with Crippen LogP contribution in [0.3, 0.4) is 0 Å². The normalized spacial score (nSPS) is 16.3. The molecule has 2 heterocycles. The standard InChI is InChI=1S/C23H25N3O/c27-23(20-9-6-12-24-17-20)21-10-4-5-11-22(21)26-15-13-25(14-16-26)18-19-7-2-1-3-8-19/h1-12,17,23,27H,13-16,18H2. The van der Waals surface area contributed by atoms with Gasteiger partial charge >= 0.3 is 0 Å². The van der Waals surface area contributed by atoms with Crippen molar-refractivity contribution in [2.75, 3.05) is 31.1 Å². The fourth-order valence-corrected chi connectivity index (χ4v) is 3.71. The highest BCUT2D eigenvalue weighted by Crippen LogP contribution is 2.31. The lowest BCUT2D eigenvalue weighted by Gasteiger charge is -2.37. The molecule has 138 valence electrons. The van der Waals surface area contributed by atoms with Crippen LogP contribution in [0.15, 0.2) is 79.1 Å². The second-order valence-electron chi connectivity index (χ2n) is 7.00. The molecular formula is C23H25N3O. The van der Waals surface area contributed by atoms with Crippen molar-refractivity contribution in [1.82, 2.24) is 9.88 Å². The number of rotatable bonds is 5. The molecule has 0 radical (unpaired) electrons. The Hall–Kier alpha value is -2.69. The smallest absolute Gasteiger partial charge is 0.108 e. The van der Waals surface area contributed by atoms with Crippen LogP contribution >= 0.6 is 0 Å². The molecular weight excluding hydrogens is 334 g/mol. The van der Waals surface area contributed by atoms with Gasteiger partial charge in [-0.05, 0) is 17.7 Å². The van der Waals surface area contributed by atoms with Crippen LogP contribution in [0.25, 0.3) is 0 Å². The van der Waals surface area contributed by atoms with Gasteiger partial charge in [0.25, 0.3) is 0 Å². The van der Waals surface area contributed by atoms with Crippen molar-refractivity contribution >= 4 is 5.69 Å². The molecule has 1 N–H and O–H groups in total. The number of anilines is 1. The predicted octanol–water partition coefficient (Wildman–Crippen LogP) is 3.49. The van der Waals surface area contributed by atoms with Gasteiger partial charge in [-0.1, -0.05) is 54.6 Å². The fraction of sp³-hybridized carbons (Fsp3) is 0.261. The topological polar surface area (TPSA) is 39.6 Å². The molecule has 0 amide bonds. The Labute approximate surface area is 160 Å². The van der Waals surface area contributed by atoms with Crippen LogP contribution in [0.4, 0.5) is 5.69 Å². The van der Waals surface area contributed by atoms with Crippen molar-refractivity contribution in [2.45, 2.75) is 12.6 Å². The van der Waals surface area contributed by atoms with E-state index in [1.165, 1.54) is 5.56 Å². The van der Waals surface area contributed by atoms with Gasteiger partial charge in [0.2, 0.25) is 0 Å². The third-order valence-corrected chi connectivity index (χ3v) is 5.19. The number of aliphatic hydroxyl groups is 1. The van der Waals surface area contributed by atoms with Gasteiger partial charge in [-0.2, -0.15) is 0 Å². The van der Waals surface area contributed by atoms with Gasteiger partial charge in [0, 0.05) is 61.9 Å². The van der Waals surface area contributed by atoms with Crippen LogP contribution in [0.1, 0.15) is 22.8 Å². The molecule has 1 saturated heterocycles. The van der Waals surface area contributed by atoms with E-state index in [4.69, 9.17) is 0 Å². The SMILES string of the molecule is OC(c1cccnc1)c1ccccc1N1CCN(Cc2ccccc2)CC1. The summed E-state index contributed by atoms with van der Waals surface area (Å²) in [5.74, 6) is 0. The molecule has 27 heavy (non-hydrogen) atoms. The second-order valence-corrected chi connectivity index (χ2v) is 7.00. The van der Waals surface area contributed by atoms with Crippen LogP contribution < -0.4 is 4.90 Å². The lowest BCUT2D eigenvalue weighted by Crippen LogP contribution is -2.46. The number of para-hydroxylation sites is 1. The lowest BCUT2D eigenvalue weighted by molar-refractivity contribution is 0.218. The van der Waals surface area contributed by atoms with Crippen LogP contribution in [-0.2, 0) is 6.54 Å². The largest absolute Gasteiger partial charge is 0.384 e. The predicted molar refractivity (Wildman–Crippen MR) is 109 cm³/mol. The number of nitrogens with zero attached hydrogens (tertiary/aromatic N) is 3. The molecule has 1 atom stereocenters. The first-order chi connectivity index (χ1) is 13.3. The third-order valence-electron chi connectivity index (χ3n) is 5.19. The molecule has 1 aliphatic heterocycles. The van der Waals surface area contributed by atoms with Crippen molar-refractivity contribution in [3.63, 3.8) is 0 Å². The minimum Gasteiger partial charge on any atom is -0.384 e. The first-order valence-electron chi connectivity index (χ1n) is 9.49. The number of aromatic nitrogens is 1. The van der Waals surface area contributed by atoms with Gasteiger partial charge in [-0.3, -0.25) is 9.88 Å². The van der Waals surface area contributed by atoms with Gasteiger partial charge in [-0.25, -0.2) is 0 Å². The summed E-state index contributed by atoms with van der Waals surface area (Å²) in [6, 6.07) is 22.6.